The lowest BCUT2D eigenvalue weighted by atomic mass is 9.87. The molecule has 9 aromatic rings. The molecule has 77 heavy (non-hydrogen) atoms. The van der Waals surface area contributed by atoms with Gasteiger partial charge in [-0.25, -0.2) is 19.7 Å². The van der Waals surface area contributed by atoms with Gasteiger partial charge in [-0.1, -0.05) is 67.6 Å². The van der Waals surface area contributed by atoms with Crippen LogP contribution in [0.1, 0.15) is 92.0 Å². The molecule has 0 aliphatic carbocycles. The van der Waals surface area contributed by atoms with Crippen molar-refractivity contribution >= 4 is 86.1 Å². The highest BCUT2D eigenvalue weighted by Crippen LogP contribution is 2.38. The summed E-state index contributed by atoms with van der Waals surface area (Å²) in [7, 11) is 1.39. The van der Waals surface area contributed by atoms with Crippen LogP contribution >= 0.6 is 0 Å². The number of nitrogens with zero attached hydrogens (tertiary/aromatic N) is 4. The number of benzene rings is 3. The Morgan fingerprint density at radius 2 is 1.06 bits per heavy atom. The summed E-state index contributed by atoms with van der Waals surface area (Å²) in [5, 5.41) is 0. The van der Waals surface area contributed by atoms with Gasteiger partial charge in [0.1, 0.15) is 0 Å². The van der Waals surface area contributed by atoms with E-state index in [9.17, 15) is 4.79 Å². The number of rotatable bonds is 4. The molecule has 4 aliphatic rings. The highest BCUT2D eigenvalue weighted by Gasteiger charge is 2.29. The summed E-state index contributed by atoms with van der Waals surface area (Å²) in [6, 6.07) is 47.5. The number of ether oxygens (including phenoxy) is 1. The van der Waals surface area contributed by atoms with Crippen molar-refractivity contribution in [1.29, 1.82) is 0 Å². The van der Waals surface area contributed by atoms with Gasteiger partial charge in [0.15, 0.2) is 0 Å². The average Bonchev–Trinajstić information content (AvgIpc) is 4.29. The van der Waals surface area contributed by atoms with Crippen molar-refractivity contribution in [3.05, 3.63) is 213 Å². The van der Waals surface area contributed by atoms with Gasteiger partial charge in [0.2, 0.25) is 0 Å². The minimum atomic E-state index is -0.397. The zero-order chi connectivity index (χ0) is 52.5. The van der Waals surface area contributed by atoms with Gasteiger partial charge in [-0.05, 0) is 182 Å². The summed E-state index contributed by atoms with van der Waals surface area (Å²) in [4.78, 5) is 48.0. The van der Waals surface area contributed by atoms with Crippen molar-refractivity contribution < 1.29 is 9.53 Å². The Morgan fingerprint density at radius 3 is 1.69 bits per heavy atom. The number of aromatic amines is 4. The Balaban J connectivity index is 0.926. The summed E-state index contributed by atoms with van der Waals surface area (Å²) in [5.74, 6) is 6.63. The number of hydrogen-bond acceptors (Lipinski definition) is 6. The van der Waals surface area contributed by atoms with Crippen molar-refractivity contribution in [2.75, 3.05) is 7.11 Å². The molecule has 6 aromatic heterocycles. The van der Waals surface area contributed by atoms with E-state index in [1.807, 2.05) is 12.1 Å². The van der Waals surface area contributed by atoms with Crippen LogP contribution in [0.15, 0.2) is 140 Å². The number of hydrogen-bond donors (Lipinski definition) is 4. The second-order valence-corrected chi connectivity index (χ2v) is 20.9. The minimum absolute atomic E-state index is 0.201. The number of aryl methyl sites for hydroxylation is 3. The maximum atomic E-state index is 12.5. The van der Waals surface area contributed by atoms with E-state index < -0.39 is 5.97 Å². The second kappa shape index (κ2) is 18.5. The molecular formula is C67H52N8O2. The Morgan fingerprint density at radius 1 is 0.519 bits per heavy atom. The third-order valence-corrected chi connectivity index (χ3v) is 14.7. The summed E-state index contributed by atoms with van der Waals surface area (Å²) in [6.07, 6.45) is 11.2. The molecule has 0 saturated heterocycles. The normalized spacial score (nSPS) is 13.3. The largest absolute Gasteiger partial charge is 0.465 e. The average molecular weight is 1000 g/mol. The fraction of sp³-hybridized carbons (Fsp3) is 0.119. The van der Waals surface area contributed by atoms with Crippen molar-refractivity contribution in [2.45, 2.75) is 46.5 Å². The summed E-state index contributed by atoms with van der Waals surface area (Å²) in [6.45, 7) is 10.9. The molecule has 0 unspecified atom stereocenters. The van der Waals surface area contributed by atoms with E-state index in [1.165, 1.54) is 23.8 Å². The number of allylic oxidation sites excluding steroid dienone is 1. The van der Waals surface area contributed by atoms with Crippen LogP contribution in [0, 0.1) is 32.6 Å². The summed E-state index contributed by atoms with van der Waals surface area (Å²) in [5.41, 5.74) is 25.9. The second-order valence-electron chi connectivity index (χ2n) is 20.9. The molecular weight excluding hydrogens is 949 g/mol. The maximum absolute atomic E-state index is 12.5. The zero-order valence-electron chi connectivity index (χ0n) is 43.5. The first kappa shape index (κ1) is 46.9. The number of esters is 1. The molecule has 16 bridgehead atoms. The lowest BCUT2D eigenvalue weighted by molar-refractivity contribution is 0.0600. The quantitative estimate of drug-likeness (QED) is 0.102. The van der Waals surface area contributed by atoms with Crippen molar-refractivity contribution in [2.24, 2.45) is 0 Å². The van der Waals surface area contributed by atoms with Gasteiger partial charge < -0.3 is 24.7 Å². The lowest BCUT2D eigenvalue weighted by Gasteiger charge is -2.15. The first-order chi connectivity index (χ1) is 37.4. The molecule has 4 N–H and O–H groups in total. The number of fused-ring (bicyclic) bond motifs is 16. The van der Waals surface area contributed by atoms with Gasteiger partial charge >= 0.3 is 5.97 Å². The maximum Gasteiger partial charge on any atom is 0.337 e. The van der Waals surface area contributed by atoms with E-state index in [0.29, 0.717) is 5.56 Å². The van der Waals surface area contributed by atoms with Crippen molar-refractivity contribution in [3.63, 3.8) is 0 Å². The van der Waals surface area contributed by atoms with E-state index in [1.54, 1.807) is 12.1 Å². The van der Waals surface area contributed by atoms with Gasteiger partial charge in [-0.15, -0.1) is 0 Å². The van der Waals surface area contributed by atoms with E-state index in [0.717, 1.165) is 141 Å². The fourth-order valence-electron chi connectivity index (χ4n) is 11.1. The van der Waals surface area contributed by atoms with Crippen LogP contribution < -0.4 is 0 Å². The monoisotopic (exact) mass is 1000 g/mol. The molecule has 4 aliphatic heterocycles. The van der Waals surface area contributed by atoms with Gasteiger partial charge in [0.25, 0.3) is 0 Å². The Kier molecular flexibility index (Phi) is 11.3. The summed E-state index contributed by atoms with van der Waals surface area (Å²) >= 11 is 0. The van der Waals surface area contributed by atoms with Crippen LogP contribution in [0.5, 0.6) is 0 Å². The molecule has 0 spiro atoms. The predicted octanol–water partition coefficient (Wildman–Crippen LogP) is 15.1. The predicted molar refractivity (Wildman–Crippen MR) is 313 cm³/mol. The molecule has 0 radical (unpaired) electrons. The number of aromatic nitrogens is 8. The molecule has 3 aromatic carbocycles. The number of methoxy groups -OCH3 is 1. The summed E-state index contributed by atoms with van der Waals surface area (Å²) < 4.78 is 5.03. The molecule has 372 valence electrons. The highest BCUT2D eigenvalue weighted by atomic mass is 16.5. The van der Waals surface area contributed by atoms with E-state index in [4.69, 9.17) is 24.7 Å². The SMILES string of the molecule is COC(=O)c1ccc(-c2c3nc(cc4nc(cc5ccc(cc6ccc2[nH]6)[nH]5)C(C)(C)C4)C(C#Cc2ccc(-c4c5ccc(cc6nc(c(-c7c(C)cc(C)cc7C)c7nc(cc8ccc4[nH]8)C=C7)C=C6)[nH]5)cc2)=C3)cc1. The van der Waals surface area contributed by atoms with E-state index in [2.05, 4.69) is 212 Å². The van der Waals surface area contributed by atoms with Crippen LogP contribution in [-0.4, -0.2) is 53.0 Å². The third-order valence-electron chi connectivity index (χ3n) is 14.7. The highest BCUT2D eigenvalue weighted by molar-refractivity contribution is 6.00. The number of nitrogens with one attached hydrogen (secondary N) is 4. The molecule has 0 amide bonds. The van der Waals surface area contributed by atoms with Crippen LogP contribution in [0.2, 0.25) is 0 Å². The van der Waals surface area contributed by atoms with Gasteiger partial charge in [-0.2, -0.15) is 0 Å². The number of carbonyl (C=O) groups is 1. The third kappa shape index (κ3) is 8.98. The molecule has 10 heterocycles. The molecule has 0 atom stereocenters. The minimum Gasteiger partial charge on any atom is -0.465 e. The Bertz CT molecular complexity index is 4370. The molecule has 0 saturated carbocycles. The molecule has 0 fully saturated rings. The molecule has 13 rings (SSSR count). The van der Waals surface area contributed by atoms with Gasteiger partial charge in [-0.3, -0.25) is 4.98 Å². The van der Waals surface area contributed by atoms with Gasteiger partial charge in [0.05, 0.1) is 52.4 Å². The molecule has 10 nitrogen and oxygen atoms in total. The topological polar surface area (TPSA) is 141 Å². The van der Waals surface area contributed by atoms with Crippen LogP contribution in [0.4, 0.5) is 0 Å². The first-order valence-corrected chi connectivity index (χ1v) is 25.8. The van der Waals surface area contributed by atoms with Gasteiger partial charge in [0, 0.05) is 89.6 Å². The lowest BCUT2D eigenvalue weighted by Crippen LogP contribution is -2.14. The standard InChI is InChI=1S/C67H52N8O2/c1-38-29-39(2)62(40(3)30-38)65-57-27-22-50(72-57)33-48-19-24-54(69-48)63(55-25-20-49(70-55)34-51-23-28-58(65)73-51)42-10-7-41(8-11-42)9-12-45-31-60-64(43-13-15-44(16-14-43)66(76)77-6)56-26-21-47(71-56)32-46-17-18-52(68-46)36-61-67(4,5)37-53(74-61)35-59(45)75-60/h7-8,10-11,13-36,68-71H,37H2,1-6H3. The first-order valence-electron chi connectivity index (χ1n) is 25.8. The van der Waals surface area contributed by atoms with Crippen LogP contribution in [0.3, 0.4) is 0 Å². The number of carbonyl (C=O) groups excluding carboxylic acids is 1. The van der Waals surface area contributed by atoms with E-state index >= 15 is 0 Å². The molecule has 10 heteroatoms. The number of H-pyrrole nitrogens is 4. The fourth-order valence-corrected chi connectivity index (χ4v) is 11.1. The Hall–Kier alpha value is -9.85. The van der Waals surface area contributed by atoms with E-state index in [-0.39, 0.29) is 5.41 Å². The van der Waals surface area contributed by atoms with Crippen LogP contribution in [0.25, 0.3) is 113 Å². The Labute approximate surface area is 445 Å². The van der Waals surface area contributed by atoms with Crippen molar-refractivity contribution in [3.8, 4) is 45.2 Å². The van der Waals surface area contributed by atoms with Crippen LogP contribution in [-0.2, 0) is 16.6 Å². The van der Waals surface area contributed by atoms with Crippen molar-refractivity contribution in [1.82, 2.24) is 39.9 Å². The smallest absolute Gasteiger partial charge is 0.337 e. The zero-order valence-corrected chi connectivity index (χ0v) is 43.5.